The molecule has 4 aromatic rings. The molecule has 0 bridgehead atoms. The molecule has 4 N–H and O–H groups in total. The van der Waals surface area contributed by atoms with Gasteiger partial charge in [0, 0.05) is 44.4 Å². The van der Waals surface area contributed by atoms with Crippen LogP contribution in [0.3, 0.4) is 0 Å². The number of para-hydroxylation sites is 2. The number of alkyl halides is 2. The molecule has 2 amide bonds. The van der Waals surface area contributed by atoms with E-state index in [0.717, 1.165) is 40.8 Å². The molecule has 0 aliphatic carbocycles. The summed E-state index contributed by atoms with van der Waals surface area (Å²) in [6, 6.07) is 19.8. The summed E-state index contributed by atoms with van der Waals surface area (Å²) in [5.41, 5.74) is 16.2. The van der Waals surface area contributed by atoms with Crippen molar-refractivity contribution in [3.05, 3.63) is 78.1 Å². The number of hydrogen-bond donors (Lipinski definition) is 2. The van der Waals surface area contributed by atoms with Gasteiger partial charge in [-0.15, -0.1) is 8.78 Å². The molecule has 1 aromatic heterocycles. The van der Waals surface area contributed by atoms with Crippen LogP contribution in [0.4, 0.5) is 8.78 Å². The van der Waals surface area contributed by atoms with E-state index in [-0.39, 0.29) is 48.1 Å². The zero-order valence-electron chi connectivity index (χ0n) is 23.5. The highest BCUT2D eigenvalue weighted by Crippen LogP contribution is 2.43. The third kappa shape index (κ3) is 6.31. The summed E-state index contributed by atoms with van der Waals surface area (Å²) in [5.74, 6) is 0.557. The topological polar surface area (TPSA) is 126 Å². The Labute approximate surface area is 247 Å². The van der Waals surface area contributed by atoms with Gasteiger partial charge < -0.3 is 30.4 Å². The van der Waals surface area contributed by atoms with Crippen LogP contribution in [0.15, 0.2) is 66.7 Å². The van der Waals surface area contributed by atoms with Gasteiger partial charge in [-0.25, -0.2) is 4.98 Å². The van der Waals surface area contributed by atoms with Gasteiger partial charge in [-0.3, -0.25) is 9.59 Å². The molecule has 2 aliphatic heterocycles. The van der Waals surface area contributed by atoms with E-state index in [0.29, 0.717) is 31.6 Å². The molecule has 3 heterocycles. The molecule has 1 fully saturated rings. The minimum Gasteiger partial charge on any atom is -0.395 e. The van der Waals surface area contributed by atoms with Crippen molar-refractivity contribution in [2.24, 2.45) is 11.5 Å². The number of aryl methyl sites for hydroxylation is 1. The van der Waals surface area contributed by atoms with Crippen molar-refractivity contribution >= 4 is 22.8 Å². The maximum atomic E-state index is 13.4. The Kier molecular flexibility index (Phi) is 7.74. The number of likely N-dealkylation sites (tertiary alicyclic amines) is 1. The highest BCUT2D eigenvalue weighted by Gasteiger charge is 2.43. The fourth-order valence-corrected chi connectivity index (χ4v) is 5.97. The Balaban J connectivity index is 1.07. The van der Waals surface area contributed by atoms with Crippen LogP contribution in [-0.4, -0.2) is 51.7 Å². The van der Waals surface area contributed by atoms with Gasteiger partial charge in [0.25, 0.3) is 0 Å². The van der Waals surface area contributed by atoms with Gasteiger partial charge >= 0.3 is 6.29 Å². The summed E-state index contributed by atoms with van der Waals surface area (Å²) >= 11 is 0. The zero-order valence-corrected chi connectivity index (χ0v) is 23.5. The lowest BCUT2D eigenvalue weighted by molar-refractivity contribution is -0.286. The van der Waals surface area contributed by atoms with Crippen LogP contribution in [-0.2, 0) is 22.6 Å². The number of fused-ring (bicyclic) bond motifs is 2. The first-order chi connectivity index (χ1) is 20.6. The second-order valence-corrected chi connectivity index (χ2v) is 11.2. The van der Waals surface area contributed by atoms with E-state index in [1.165, 1.54) is 12.1 Å². The number of halogens is 2. The lowest BCUT2D eigenvalue weighted by Crippen LogP contribution is -2.42. The van der Waals surface area contributed by atoms with E-state index in [1.54, 1.807) is 6.07 Å². The molecule has 9 nitrogen and oxygen atoms in total. The number of primary amides is 1. The largest absolute Gasteiger partial charge is 0.586 e. The Hall–Kier alpha value is -4.51. The maximum Gasteiger partial charge on any atom is 0.586 e. The highest BCUT2D eigenvalue weighted by molar-refractivity contribution is 5.78. The van der Waals surface area contributed by atoms with Crippen molar-refractivity contribution in [2.45, 2.75) is 56.9 Å². The number of aromatic nitrogens is 2. The van der Waals surface area contributed by atoms with Gasteiger partial charge in [0.1, 0.15) is 5.82 Å². The lowest BCUT2D eigenvalue weighted by Gasteiger charge is -2.33. The van der Waals surface area contributed by atoms with Gasteiger partial charge in [0.05, 0.1) is 11.0 Å². The molecular formula is C32H33F2N5O4. The molecule has 11 heteroatoms. The molecule has 43 heavy (non-hydrogen) atoms. The number of amides is 2. The van der Waals surface area contributed by atoms with Crippen LogP contribution >= 0.6 is 0 Å². The fraction of sp³-hybridized carbons (Fsp3) is 0.344. The minimum absolute atomic E-state index is 0.00257. The number of hydrogen-bond acceptors (Lipinski definition) is 6. The SMILES string of the molecule is NC(=O)CCn1c([C@@H]2CCCN(C(=O)C[C@H](N)Cc3ccc(-c4ccc5c(c4)OC(F)(F)O5)cc3)C2)nc2ccccc21. The monoisotopic (exact) mass is 589 g/mol. The van der Waals surface area contributed by atoms with Crippen molar-refractivity contribution in [1.29, 1.82) is 0 Å². The number of ether oxygens (including phenoxy) is 2. The standard InChI is InChI=1S/C32H33F2N5O4/c33-32(34)42-27-12-11-22(17-28(27)43-32)21-9-7-20(8-10-21)16-24(35)18-30(41)38-14-3-4-23(19-38)31-37-25-5-1-2-6-26(25)39(31)15-13-29(36)40/h1-2,5-12,17,23-24H,3-4,13-16,18-19,35H2,(H2,36,40)/t23-,24-/m1/s1. The second kappa shape index (κ2) is 11.6. The average molecular weight is 590 g/mol. The summed E-state index contributed by atoms with van der Waals surface area (Å²) < 4.78 is 37.8. The van der Waals surface area contributed by atoms with E-state index in [1.807, 2.05) is 53.4 Å². The van der Waals surface area contributed by atoms with Crippen molar-refractivity contribution < 1.29 is 27.8 Å². The molecule has 0 spiro atoms. The normalized spacial score (nSPS) is 18.1. The van der Waals surface area contributed by atoms with E-state index >= 15 is 0 Å². The summed E-state index contributed by atoms with van der Waals surface area (Å²) in [7, 11) is 0. The minimum atomic E-state index is -3.66. The van der Waals surface area contributed by atoms with Crippen molar-refractivity contribution in [3.8, 4) is 22.6 Å². The zero-order chi connectivity index (χ0) is 30.1. The van der Waals surface area contributed by atoms with Crippen LogP contribution in [0, 0.1) is 0 Å². The number of rotatable bonds is 9. The van der Waals surface area contributed by atoms with Crippen molar-refractivity contribution in [2.75, 3.05) is 13.1 Å². The number of nitrogens with two attached hydrogens (primary N) is 2. The summed E-state index contributed by atoms with van der Waals surface area (Å²) in [5, 5.41) is 0. The molecule has 3 aromatic carbocycles. The fourth-order valence-electron chi connectivity index (χ4n) is 5.97. The quantitative estimate of drug-likeness (QED) is 0.295. The van der Waals surface area contributed by atoms with Gasteiger partial charge in [0.15, 0.2) is 11.5 Å². The molecule has 0 saturated carbocycles. The average Bonchev–Trinajstić information content (AvgIpc) is 3.51. The smallest absolute Gasteiger partial charge is 0.395 e. The predicted molar refractivity (Wildman–Crippen MR) is 156 cm³/mol. The van der Waals surface area contributed by atoms with Gasteiger partial charge in [0.2, 0.25) is 11.8 Å². The summed E-state index contributed by atoms with van der Waals surface area (Å²) in [4.78, 5) is 31.6. The molecule has 1 saturated heterocycles. The number of piperidine rings is 1. The molecule has 6 rings (SSSR count). The number of imidazole rings is 1. The van der Waals surface area contributed by atoms with E-state index in [9.17, 15) is 18.4 Å². The van der Waals surface area contributed by atoms with Crippen molar-refractivity contribution in [1.82, 2.24) is 14.5 Å². The van der Waals surface area contributed by atoms with Crippen LogP contribution < -0.4 is 20.9 Å². The predicted octanol–water partition coefficient (Wildman–Crippen LogP) is 4.57. The molecule has 2 aliphatic rings. The first-order valence-corrected chi connectivity index (χ1v) is 14.4. The van der Waals surface area contributed by atoms with Crippen LogP contribution in [0.5, 0.6) is 11.5 Å². The Morgan fingerprint density at radius 1 is 1.02 bits per heavy atom. The summed E-state index contributed by atoms with van der Waals surface area (Å²) in [6.45, 7) is 1.66. The van der Waals surface area contributed by atoms with Gasteiger partial charge in [-0.1, -0.05) is 42.5 Å². The van der Waals surface area contributed by atoms with Crippen LogP contribution in [0.1, 0.15) is 43.0 Å². The first kappa shape index (κ1) is 28.6. The number of benzene rings is 3. The maximum absolute atomic E-state index is 13.4. The van der Waals surface area contributed by atoms with E-state index in [4.69, 9.17) is 16.5 Å². The van der Waals surface area contributed by atoms with Crippen LogP contribution in [0.25, 0.3) is 22.2 Å². The van der Waals surface area contributed by atoms with E-state index in [2.05, 4.69) is 14.0 Å². The molecular weight excluding hydrogens is 556 g/mol. The first-order valence-electron chi connectivity index (χ1n) is 14.4. The number of carbonyl (C=O) groups excluding carboxylic acids is 2. The lowest BCUT2D eigenvalue weighted by atomic mass is 9.95. The molecule has 2 atom stereocenters. The van der Waals surface area contributed by atoms with Crippen molar-refractivity contribution in [3.63, 3.8) is 0 Å². The second-order valence-electron chi connectivity index (χ2n) is 11.2. The molecule has 224 valence electrons. The summed E-state index contributed by atoms with van der Waals surface area (Å²) in [6.07, 6.45) is -0.968. The Morgan fingerprint density at radius 3 is 2.56 bits per heavy atom. The third-order valence-electron chi connectivity index (χ3n) is 8.03. The number of nitrogens with zero attached hydrogens (tertiary/aromatic N) is 3. The highest BCUT2D eigenvalue weighted by atomic mass is 19.3. The van der Waals surface area contributed by atoms with Gasteiger partial charge in [-0.2, -0.15) is 0 Å². The number of carbonyl (C=O) groups is 2. The van der Waals surface area contributed by atoms with Gasteiger partial charge in [-0.05, 0) is 60.2 Å². The Morgan fingerprint density at radius 2 is 1.77 bits per heavy atom. The third-order valence-corrected chi connectivity index (χ3v) is 8.03. The molecule has 0 unspecified atom stereocenters. The van der Waals surface area contributed by atoms with E-state index < -0.39 is 6.29 Å². The van der Waals surface area contributed by atoms with Crippen LogP contribution in [0.2, 0.25) is 0 Å². The molecule has 0 radical (unpaired) electrons. The Bertz CT molecular complexity index is 1660.